The van der Waals surface area contributed by atoms with Crippen LogP contribution in [0.15, 0.2) is 23.8 Å². The summed E-state index contributed by atoms with van der Waals surface area (Å²) in [7, 11) is 0. The molecule has 0 saturated heterocycles. The van der Waals surface area contributed by atoms with Crippen LogP contribution in [-0.4, -0.2) is 22.1 Å². The molecule has 1 aromatic rings. The van der Waals surface area contributed by atoms with Crippen molar-refractivity contribution in [3.05, 3.63) is 34.9 Å². The van der Waals surface area contributed by atoms with Crippen LogP contribution in [0.3, 0.4) is 0 Å². The van der Waals surface area contributed by atoms with Gasteiger partial charge in [0, 0.05) is 0 Å². The maximum absolute atomic E-state index is 11.8. The standard InChI is InChI=1S/C14H14O3/c1-7-13-9(6-12(16)14(7)17)4-8-5-10(15)2-3-11(8)13/h2-3,5,9,12,15-16H,4,6H2,1H3/t9?,12-/m0/s1. The van der Waals surface area contributed by atoms with Crippen molar-refractivity contribution in [2.75, 3.05) is 0 Å². The molecule has 1 aromatic carbocycles. The molecule has 88 valence electrons. The average Bonchev–Trinajstić information content (AvgIpc) is 2.63. The summed E-state index contributed by atoms with van der Waals surface area (Å²) in [4.78, 5) is 11.8. The van der Waals surface area contributed by atoms with Gasteiger partial charge in [0.25, 0.3) is 0 Å². The minimum absolute atomic E-state index is 0.155. The van der Waals surface area contributed by atoms with E-state index < -0.39 is 6.10 Å². The van der Waals surface area contributed by atoms with Gasteiger partial charge in [-0.15, -0.1) is 0 Å². The first kappa shape index (κ1) is 10.5. The first-order valence-corrected chi connectivity index (χ1v) is 5.83. The van der Waals surface area contributed by atoms with Gasteiger partial charge in [0.05, 0.1) is 0 Å². The number of carbonyl (C=O) groups is 1. The van der Waals surface area contributed by atoms with E-state index >= 15 is 0 Å². The fourth-order valence-corrected chi connectivity index (χ4v) is 3.07. The molecule has 3 heteroatoms. The lowest BCUT2D eigenvalue weighted by molar-refractivity contribution is -0.124. The number of rotatable bonds is 0. The number of aromatic hydroxyl groups is 1. The second-order valence-electron chi connectivity index (χ2n) is 4.90. The number of phenolic OH excluding ortho intramolecular Hbond substituents is 1. The molecule has 0 heterocycles. The van der Waals surface area contributed by atoms with E-state index in [9.17, 15) is 15.0 Å². The maximum atomic E-state index is 11.8. The van der Waals surface area contributed by atoms with E-state index in [2.05, 4.69) is 0 Å². The molecular weight excluding hydrogens is 216 g/mol. The second-order valence-corrected chi connectivity index (χ2v) is 4.90. The van der Waals surface area contributed by atoms with E-state index in [0.717, 1.165) is 23.1 Å². The number of hydrogen-bond donors (Lipinski definition) is 2. The number of carbonyl (C=O) groups excluding carboxylic acids is 1. The van der Waals surface area contributed by atoms with Crippen molar-refractivity contribution in [1.82, 2.24) is 0 Å². The summed E-state index contributed by atoms with van der Waals surface area (Å²) in [6.07, 6.45) is 0.452. The largest absolute Gasteiger partial charge is 0.508 e. The first-order chi connectivity index (χ1) is 8.08. The molecule has 0 saturated carbocycles. The molecule has 2 aliphatic carbocycles. The van der Waals surface area contributed by atoms with Crippen LogP contribution in [0.1, 0.15) is 24.5 Å². The Hall–Kier alpha value is -1.61. The van der Waals surface area contributed by atoms with Crippen LogP contribution in [0.2, 0.25) is 0 Å². The van der Waals surface area contributed by atoms with E-state index in [1.54, 1.807) is 19.1 Å². The summed E-state index contributed by atoms with van der Waals surface area (Å²) < 4.78 is 0. The van der Waals surface area contributed by atoms with E-state index in [4.69, 9.17) is 0 Å². The van der Waals surface area contributed by atoms with E-state index in [1.807, 2.05) is 6.07 Å². The normalized spacial score (nSPS) is 27.1. The molecule has 0 bridgehead atoms. The average molecular weight is 230 g/mol. The maximum Gasteiger partial charge on any atom is 0.187 e. The summed E-state index contributed by atoms with van der Waals surface area (Å²) >= 11 is 0. The van der Waals surface area contributed by atoms with E-state index in [0.29, 0.717) is 12.0 Å². The highest BCUT2D eigenvalue weighted by molar-refractivity contribution is 6.07. The second kappa shape index (κ2) is 3.44. The Morgan fingerprint density at radius 1 is 1.35 bits per heavy atom. The fraction of sp³-hybridized carbons (Fsp3) is 0.357. The van der Waals surface area contributed by atoms with Gasteiger partial charge in [0.1, 0.15) is 11.9 Å². The minimum Gasteiger partial charge on any atom is -0.508 e. The van der Waals surface area contributed by atoms with Crippen molar-refractivity contribution in [2.24, 2.45) is 5.92 Å². The lowest BCUT2D eigenvalue weighted by Gasteiger charge is -2.24. The highest BCUT2D eigenvalue weighted by Gasteiger charge is 2.37. The summed E-state index contributed by atoms with van der Waals surface area (Å²) in [5, 5.41) is 19.2. The van der Waals surface area contributed by atoms with Gasteiger partial charge in [-0.3, -0.25) is 4.79 Å². The zero-order valence-electron chi connectivity index (χ0n) is 9.60. The molecule has 3 rings (SSSR count). The fourth-order valence-electron chi connectivity index (χ4n) is 3.07. The molecule has 1 unspecified atom stereocenters. The summed E-state index contributed by atoms with van der Waals surface area (Å²) in [6, 6.07) is 5.27. The van der Waals surface area contributed by atoms with Crippen LogP contribution < -0.4 is 0 Å². The summed E-state index contributed by atoms with van der Waals surface area (Å²) in [5.74, 6) is 0.323. The lowest BCUT2D eigenvalue weighted by atomic mass is 9.81. The van der Waals surface area contributed by atoms with Gasteiger partial charge >= 0.3 is 0 Å². The third-order valence-electron chi connectivity index (χ3n) is 3.84. The Kier molecular flexibility index (Phi) is 2.13. The number of phenols is 1. The van der Waals surface area contributed by atoms with Crippen LogP contribution in [0.5, 0.6) is 5.75 Å². The Morgan fingerprint density at radius 3 is 2.88 bits per heavy atom. The molecule has 0 spiro atoms. The SMILES string of the molecule is CC1=C2c3ccc(O)cc3CC2C[C@H](O)C1=O. The predicted molar refractivity (Wildman–Crippen MR) is 63.5 cm³/mol. The van der Waals surface area contributed by atoms with Crippen molar-refractivity contribution in [3.8, 4) is 5.75 Å². The van der Waals surface area contributed by atoms with Crippen LogP contribution >= 0.6 is 0 Å². The predicted octanol–water partition coefficient (Wildman–Crippen LogP) is 1.67. The number of hydrogen-bond acceptors (Lipinski definition) is 3. The number of Topliss-reactive ketones (excluding diaryl/α,β-unsaturated/α-hetero) is 1. The number of aliphatic hydroxyl groups excluding tert-OH is 1. The molecule has 2 aliphatic rings. The van der Waals surface area contributed by atoms with Crippen molar-refractivity contribution >= 4 is 11.4 Å². The zero-order chi connectivity index (χ0) is 12.2. The van der Waals surface area contributed by atoms with Crippen molar-refractivity contribution in [3.63, 3.8) is 0 Å². The van der Waals surface area contributed by atoms with Crippen LogP contribution in [0.4, 0.5) is 0 Å². The molecule has 0 amide bonds. The number of allylic oxidation sites excluding steroid dienone is 1. The number of fused-ring (bicyclic) bond motifs is 3. The van der Waals surface area contributed by atoms with Gasteiger partial charge in [-0.25, -0.2) is 0 Å². The molecule has 3 nitrogen and oxygen atoms in total. The number of aliphatic hydroxyl groups is 1. The monoisotopic (exact) mass is 230 g/mol. The molecule has 0 radical (unpaired) electrons. The Bertz CT molecular complexity index is 542. The summed E-state index contributed by atoms with van der Waals surface area (Å²) in [5.41, 5.74) is 3.88. The quantitative estimate of drug-likeness (QED) is 0.712. The molecule has 2 N–H and O–H groups in total. The smallest absolute Gasteiger partial charge is 0.187 e. The third kappa shape index (κ3) is 1.42. The van der Waals surface area contributed by atoms with Gasteiger partial charge in [-0.1, -0.05) is 6.07 Å². The number of benzene rings is 1. The molecule has 2 atom stereocenters. The first-order valence-electron chi connectivity index (χ1n) is 5.83. The number of ketones is 1. The van der Waals surface area contributed by atoms with Crippen LogP contribution in [0, 0.1) is 5.92 Å². The van der Waals surface area contributed by atoms with Crippen molar-refractivity contribution in [1.29, 1.82) is 0 Å². The third-order valence-corrected chi connectivity index (χ3v) is 3.84. The molecule has 0 aliphatic heterocycles. The van der Waals surface area contributed by atoms with Gasteiger partial charge < -0.3 is 10.2 Å². The van der Waals surface area contributed by atoms with E-state index in [1.165, 1.54) is 0 Å². The van der Waals surface area contributed by atoms with Gasteiger partial charge in [0.15, 0.2) is 5.78 Å². The van der Waals surface area contributed by atoms with Gasteiger partial charge in [-0.05, 0) is 60.1 Å². The highest BCUT2D eigenvalue weighted by Crippen LogP contribution is 2.45. The molecule has 0 aromatic heterocycles. The highest BCUT2D eigenvalue weighted by atomic mass is 16.3. The molecule has 17 heavy (non-hydrogen) atoms. The molecular formula is C14H14O3. The van der Waals surface area contributed by atoms with Crippen molar-refractivity contribution < 1.29 is 15.0 Å². The van der Waals surface area contributed by atoms with E-state index in [-0.39, 0.29) is 17.5 Å². The Morgan fingerprint density at radius 2 is 2.12 bits per heavy atom. The minimum atomic E-state index is -0.855. The molecule has 0 fully saturated rings. The van der Waals surface area contributed by atoms with Gasteiger partial charge in [0.2, 0.25) is 0 Å². The van der Waals surface area contributed by atoms with Crippen LogP contribution in [0.25, 0.3) is 5.57 Å². The van der Waals surface area contributed by atoms with Crippen molar-refractivity contribution in [2.45, 2.75) is 25.9 Å². The summed E-state index contributed by atoms with van der Waals surface area (Å²) in [6.45, 7) is 1.79. The van der Waals surface area contributed by atoms with Crippen LogP contribution in [-0.2, 0) is 11.2 Å². The zero-order valence-corrected chi connectivity index (χ0v) is 9.60. The van der Waals surface area contributed by atoms with Gasteiger partial charge in [-0.2, -0.15) is 0 Å². The topological polar surface area (TPSA) is 57.5 Å². The Balaban J connectivity index is 2.18. The lowest BCUT2D eigenvalue weighted by Crippen LogP contribution is -2.29. The Labute approximate surface area is 99.4 Å².